The highest BCUT2D eigenvalue weighted by Crippen LogP contribution is 2.35. The van der Waals surface area contributed by atoms with Crippen LogP contribution in [-0.2, 0) is 14.4 Å². The van der Waals surface area contributed by atoms with Crippen molar-refractivity contribution in [3.8, 4) is 6.07 Å². The van der Waals surface area contributed by atoms with Gasteiger partial charge in [-0.05, 0) is 42.3 Å². The molecule has 1 aromatic carbocycles. The highest BCUT2D eigenvalue weighted by molar-refractivity contribution is 8.00. The molecule has 1 N–H and O–H groups in total. The van der Waals surface area contributed by atoms with Gasteiger partial charge in [0.05, 0.1) is 16.5 Å². The van der Waals surface area contributed by atoms with E-state index in [9.17, 15) is 19.6 Å². The van der Waals surface area contributed by atoms with E-state index in [0.717, 1.165) is 22.4 Å². The second-order valence-corrected chi connectivity index (χ2v) is 8.15. The van der Waals surface area contributed by atoms with Crippen molar-refractivity contribution in [2.45, 2.75) is 43.4 Å². The standard InChI is InChI=1S/C21H20N4O3S/c1-12(2)17-9-4-14(11-22)20(24-17)29-18-10-19(27)25(21(18)28)16-7-5-15(6-8-16)23-13(3)26/h4-9,12,18H,10H2,1-3H3,(H,23,26)/t18-/m1/s1. The monoisotopic (exact) mass is 408 g/mol. The van der Waals surface area contributed by atoms with E-state index >= 15 is 0 Å². The van der Waals surface area contributed by atoms with Gasteiger partial charge in [-0.15, -0.1) is 0 Å². The number of nitriles is 1. The lowest BCUT2D eigenvalue weighted by molar-refractivity contribution is -0.121. The number of imide groups is 1. The number of anilines is 2. The molecule has 1 aliphatic rings. The summed E-state index contributed by atoms with van der Waals surface area (Å²) >= 11 is 1.15. The summed E-state index contributed by atoms with van der Waals surface area (Å²) in [6, 6.07) is 12.1. The molecule has 1 saturated heterocycles. The maximum atomic E-state index is 12.9. The zero-order valence-corrected chi connectivity index (χ0v) is 17.1. The van der Waals surface area contributed by atoms with Crippen LogP contribution in [0.5, 0.6) is 0 Å². The Morgan fingerprint density at radius 1 is 1.24 bits per heavy atom. The van der Waals surface area contributed by atoms with E-state index in [1.807, 2.05) is 13.8 Å². The molecule has 0 unspecified atom stereocenters. The lowest BCUT2D eigenvalue weighted by atomic mass is 10.1. The minimum absolute atomic E-state index is 0.0371. The number of carbonyl (C=O) groups excluding carboxylic acids is 3. The first-order valence-corrected chi connectivity index (χ1v) is 10.00. The Hall–Kier alpha value is -3.18. The maximum absolute atomic E-state index is 12.9. The molecule has 0 radical (unpaired) electrons. The summed E-state index contributed by atoms with van der Waals surface area (Å²) in [5.41, 5.74) is 2.24. The summed E-state index contributed by atoms with van der Waals surface area (Å²) in [6.07, 6.45) is 0.0371. The second-order valence-electron chi connectivity index (χ2n) is 6.96. The van der Waals surface area contributed by atoms with Crippen LogP contribution in [0.25, 0.3) is 0 Å². The van der Waals surface area contributed by atoms with Gasteiger partial charge >= 0.3 is 0 Å². The molecule has 3 rings (SSSR count). The van der Waals surface area contributed by atoms with Crippen LogP contribution in [0.2, 0.25) is 0 Å². The van der Waals surface area contributed by atoms with E-state index in [2.05, 4.69) is 16.4 Å². The van der Waals surface area contributed by atoms with Gasteiger partial charge in [0, 0.05) is 24.7 Å². The van der Waals surface area contributed by atoms with Gasteiger partial charge in [0.2, 0.25) is 17.7 Å². The van der Waals surface area contributed by atoms with Crippen molar-refractivity contribution in [2.24, 2.45) is 0 Å². The summed E-state index contributed by atoms with van der Waals surface area (Å²) in [5, 5.41) is 11.8. The number of amides is 3. The molecule has 7 nitrogen and oxygen atoms in total. The molecular formula is C21H20N4O3S. The summed E-state index contributed by atoms with van der Waals surface area (Å²) < 4.78 is 0. The van der Waals surface area contributed by atoms with Crippen LogP contribution in [0, 0.1) is 11.3 Å². The number of thioether (sulfide) groups is 1. The molecule has 0 spiro atoms. The van der Waals surface area contributed by atoms with Gasteiger partial charge < -0.3 is 5.32 Å². The molecule has 29 heavy (non-hydrogen) atoms. The molecule has 0 saturated carbocycles. The molecule has 0 bridgehead atoms. The first-order chi connectivity index (χ1) is 13.8. The number of carbonyl (C=O) groups is 3. The molecule has 2 aromatic rings. The number of hydrogen-bond donors (Lipinski definition) is 1. The number of nitrogens with one attached hydrogen (secondary N) is 1. The van der Waals surface area contributed by atoms with E-state index < -0.39 is 5.25 Å². The third-order valence-corrected chi connectivity index (χ3v) is 5.59. The average Bonchev–Trinajstić information content (AvgIpc) is 2.95. The Balaban J connectivity index is 1.82. The van der Waals surface area contributed by atoms with Gasteiger partial charge in [-0.1, -0.05) is 25.6 Å². The average molecular weight is 408 g/mol. The number of rotatable bonds is 5. The maximum Gasteiger partial charge on any atom is 0.247 e. The van der Waals surface area contributed by atoms with Crippen molar-refractivity contribution in [3.63, 3.8) is 0 Å². The number of benzene rings is 1. The predicted octanol–water partition coefficient (Wildman–Crippen LogP) is 3.46. The minimum Gasteiger partial charge on any atom is -0.326 e. The van der Waals surface area contributed by atoms with Gasteiger partial charge in [-0.25, -0.2) is 9.88 Å². The summed E-state index contributed by atoms with van der Waals surface area (Å²) in [4.78, 5) is 42.2. The van der Waals surface area contributed by atoms with Crippen molar-refractivity contribution < 1.29 is 14.4 Å². The number of aromatic nitrogens is 1. The number of pyridine rings is 1. The van der Waals surface area contributed by atoms with Gasteiger partial charge in [0.25, 0.3) is 0 Å². The van der Waals surface area contributed by atoms with Crippen molar-refractivity contribution >= 4 is 40.9 Å². The number of nitrogens with zero attached hydrogens (tertiary/aromatic N) is 3. The molecule has 2 heterocycles. The van der Waals surface area contributed by atoms with E-state index in [0.29, 0.717) is 22.0 Å². The minimum atomic E-state index is -0.639. The van der Waals surface area contributed by atoms with Gasteiger partial charge in [0.1, 0.15) is 11.1 Å². The Labute approximate surface area is 173 Å². The predicted molar refractivity (Wildman–Crippen MR) is 111 cm³/mol. The lowest BCUT2D eigenvalue weighted by Gasteiger charge is -2.16. The molecule has 1 aromatic heterocycles. The SMILES string of the molecule is CC(=O)Nc1ccc(N2C(=O)C[C@@H](Sc3nc(C(C)C)ccc3C#N)C2=O)cc1. The van der Waals surface area contributed by atoms with Gasteiger partial charge in [0.15, 0.2) is 0 Å². The van der Waals surface area contributed by atoms with Crippen LogP contribution in [0.1, 0.15) is 44.4 Å². The third-order valence-electron chi connectivity index (χ3n) is 4.40. The molecule has 148 valence electrons. The van der Waals surface area contributed by atoms with E-state index in [1.54, 1.807) is 36.4 Å². The van der Waals surface area contributed by atoms with Crippen molar-refractivity contribution in [2.75, 3.05) is 10.2 Å². The molecule has 1 atom stereocenters. The Morgan fingerprint density at radius 2 is 1.93 bits per heavy atom. The Kier molecular flexibility index (Phi) is 5.99. The van der Waals surface area contributed by atoms with Crippen LogP contribution < -0.4 is 10.2 Å². The van der Waals surface area contributed by atoms with Crippen LogP contribution in [0.4, 0.5) is 11.4 Å². The molecule has 3 amide bonds. The van der Waals surface area contributed by atoms with Crippen LogP contribution in [0.3, 0.4) is 0 Å². The second kappa shape index (κ2) is 8.45. The van der Waals surface area contributed by atoms with Crippen molar-refractivity contribution in [3.05, 3.63) is 47.7 Å². The quantitative estimate of drug-likeness (QED) is 0.760. The first-order valence-electron chi connectivity index (χ1n) is 9.12. The normalized spacial score (nSPS) is 16.2. The largest absolute Gasteiger partial charge is 0.326 e. The molecule has 8 heteroatoms. The number of hydrogen-bond acceptors (Lipinski definition) is 6. The first kappa shape index (κ1) is 20.6. The zero-order valence-electron chi connectivity index (χ0n) is 16.3. The fraction of sp³-hybridized carbons (Fsp3) is 0.286. The summed E-state index contributed by atoms with van der Waals surface area (Å²) in [5.74, 6) is -0.667. The topological polar surface area (TPSA) is 103 Å². The summed E-state index contributed by atoms with van der Waals surface area (Å²) in [7, 11) is 0. The third kappa shape index (κ3) is 4.46. The highest BCUT2D eigenvalue weighted by Gasteiger charge is 2.40. The van der Waals surface area contributed by atoms with Crippen molar-refractivity contribution in [1.82, 2.24) is 4.98 Å². The molecule has 1 aliphatic heterocycles. The van der Waals surface area contributed by atoms with Gasteiger partial charge in [-0.2, -0.15) is 5.26 Å². The highest BCUT2D eigenvalue weighted by atomic mass is 32.2. The molecular weight excluding hydrogens is 388 g/mol. The smallest absolute Gasteiger partial charge is 0.247 e. The fourth-order valence-electron chi connectivity index (χ4n) is 2.95. The fourth-order valence-corrected chi connectivity index (χ4v) is 4.05. The zero-order chi connectivity index (χ0) is 21.1. The van der Waals surface area contributed by atoms with E-state index in [1.165, 1.54) is 6.92 Å². The molecule has 1 fully saturated rings. The van der Waals surface area contributed by atoms with Crippen LogP contribution >= 0.6 is 11.8 Å². The molecule has 0 aliphatic carbocycles. The van der Waals surface area contributed by atoms with Crippen LogP contribution in [-0.4, -0.2) is 28.0 Å². The van der Waals surface area contributed by atoms with Crippen molar-refractivity contribution in [1.29, 1.82) is 5.26 Å². The van der Waals surface area contributed by atoms with Gasteiger partial charge in [-0.3, -0.25) is 14.4 Å². The Bertz CT molecular complexity index is 1010. The summed E-state index contributed by atoms with van der Waals surface area (Å²) in [6.45, 7) is 5.40. The Morgan fingerprint density at radius 3 is 2.52 bits per heavy atom. The lowest BCUT2D eigenvalue weighted by Crippen LogP contribution is -2.31. The van der Waals surface area contributed by atoms with Crippen LogP contribution in [0.15, 0.2) is 41.4 Å². The van der Waals surface area contributed by atoms with E-state index in [4.69, 9.17) is 0 Å². The van der Waals surface area contributed by atoms with E-state index in [-0.39, 0.29) is 30.1 Å².